The van der Waals surface area contributed by atoms with Gasteiger partial charge in [0, 0.05) is 6.21 Å². The molecule has 0 aromatic heterocycles. The van der Waals surface area contributed by atoms with Gasteiger partial charge in [0.2, 0.25) is 0 Å². The predicted octanol–water partition coefficient (Wildman–Crippen LogP) is 5.47. The van der Waals surface area contributed by atoms with Crippen LogP contribution in [-0.4, -0.2) is 6.21 Å². The zero-order chi connectivity index (χ0) is 13.0. The van der Waals surface area contributed by atoms with Crippen molar-refractivity contribution in [3.8, 4) is 0 Å². The van der Waals surface area contributed by atoms with E-state index in [2.05, 4.69) is 44.8 Å². The molecule has 16 heavy (non-hydrogen) atoms. The van der Waals surface area contributed by atoms with Crippen LogP contribution in [0, 0.1) is 13.8 Å². The van der Waals surface area contributed by atoms with Crippen molar-refractivity contribution in [1.29, 1.82) is 0 Å². The lowest BCUT2D eigenvalue weighted by molar-refractivity contribution is 1.09. The topological polar surface area (TPSA) is 12.4 Å². The van der Waals surface area contributed by atoms with Gasteiger partial charge in [-0.25, -0.2) is 0 Å². The van der Waals surface area contributed by atoms with Crippen molar-refractivity contribution in [2.24, 2.45) is 4.99 Å². The van der Waals surface area contributed by atoms with E-state index in [1.54, 1.807) is 0 Å². The zero-order valence-electron chi connectivity index (χ0n) is 12.0. The summed E-state index contributed by atoms with van der Waals surface area (Å²) in [5, 5.41) is 0. The van der Waals surface area contributed by atoms with Crippen molar-refractivity contribution in [2.75, 3.05) is 0 Å². The quantitative estimate of drug-likeness (QED) is 0.558. The van der Waals surface area contributed by atoms with Gasteiger partial charge in [-0.2, -0.15) is 0 Å². The van der Waals surface area contributed by atoms with Crippen molar-refractivity contribution in [2.45, 2.75) is 54.9 Å². The van der Waals surface area contributed by atoms with Crippen LogP contribution in [0.5, 0.6) is 0 Å². The minimum Gasteiger partial charge on any atom is -0.261 e. The molecule has 0 amide bonds. The van der Waals surface area contributed by atoms with E-state index in [4.69, 9.17) is 0 Å². The van der Waals surface area contributed by atoms with E-state index in [-0.39, 0.29) is 0 Å². The van der Waals surface area contributed by atoms with Gasteiger partial charge in [0.1, 0.15) is 0 Å². The summed E-state index contributed by atoms with van der Waals surface area (Å²) >= 11 is 0. The Balaban J connectivity index is 0. The molecule has 1 aromatic carbocycles. The van der Waals surface area contributed by atoms with Gasteiger partial charge in [0.25, 0.3) is 0 Å². The Morgan fingerprint density at radius 3 is 2.00 bits per heavy atom. The molecule has 0 aliphatic heterocycles. The normalized spacial score (nSPS) is 8.94. The number of hydrogen-bond donors (Lipinski definition) is 0. The van der Waals surface area contributed by atoms with E-state index in [9.17, 15) is 0 Å². The highest BCUT2D eigenvalue weighted by atomic mass is 14.7. The fourth-order valence-electron chi connectivity index (χ4n) is 1.09. The van der Waals surface area contributed by atoms with Crippen LogP contribution in [0.2, 0.25) is 0 Å². The van der Waals surface area contributed by atoms with Gasteiger partial charge < -0.3 is 0 Å². The first-order valence-corrected chi connectivity index (χ1v) is 6.21. The Kier molecular flexibility index (Phi) is 12.9. The van der Waals surface area contributed by atoms with Crippen molar-refractivity contribution >= 4 is 11.9 Å². The van der Waals surface area contributed by atoms with E-state index >= 15 is 0 Å². The van der Waals surface area contributed by atoms with Gasteiger partial charge in [-0.15, -0.1) is 0 Å². The smallest absolute Gasteiger partial charge is 0.0654 e. The van der Waals surface area contributed by atoms with Gasteiger partial charge in [-0.1, -0.05) is 51.8 Å². The Morgan fingerprint density at radius 2 is 1.62 bits per heavy atom. The van der Waals surface area contributed by atoms with Crippen molar-refractivity contribution < 1.29 is 0 Å². The molecule has 1 aromatic rings. The molecule has 0 radical (unpaired) electrons. The second-order valence-electron chi connectivity index (χ2n) is 3.38. The predicted molar refractivity (Wildman–Crippen MR) is 77.1 cm³/mol. The van der Waals surface area contributed by atoms with E-state index in [1.165, 1.54) is 17.5 Å². The number of hydrogen-bond acceptors (Lipinski definition) is 1. The molecular weight excluding hydrogens is 194 g/mol. The van der Waals surface area contributed by atoms with Crippen molar-refractivity contribution in [1.82, 2.24) is 0 Å². The van der Waals surface area contributed by atoms with Crippen LogP contribution in [0.25, 0.3) is 0 Å². The number of aliphatic imine (C=N–C) groups is 1. The van der Waals surface area contributed by atoms with Gasteiger partial charge in [0.15, 0.2) is 0 Å². The molecule has 0 aliphatic rings. The van der Waals surface area contributed by atoms with Crippen LogP contribution >= 0.6 is 0 Å². The Labute approximate surface area is 102 Å². The zero-order valence-corrected chi connectivity index (χ0v) is 12.0. The standard InChI is InChI=1S/C10H13N.C3H8.C2H6/c1-4-11-10-6-5-8(2)7-9(10)3;1-3-2;1-2/h4-7H,1-3H3;3H2,1-2H3;1-2H3. The maximum absolute atomic E-state index is 4.22. The van der Waals surface area contributed by atoms with Gasteiger partial charge >= 0.3 is 0 Å². The van der Waals surface area contributed by atoms with Crippen molar-refractivity contribution in [3.05, 3.63) is 29.3 Å². The molecule has 0 fully saturated rings. The molecule has 1 rings (SSSR count). The molecule has 0 saturated heterocycles. The molecule has 92 valence electrons. The molecule has 0 spiro atoms. The van der Waals surface area contributed by atoms with Crippen LogP contribution in [0.3, 0.4) is 0 Å². The number of rotatable bonds is 1. The fourth-order valence-corrected chi connectivity index (χ4v) is 1.09. The average molecular weight is 221 g/mol. The maximum Gasteiger partial charge on any atom is 0.0654 e. The fraction of sp³-hybridized carbons (Fsp3) is 0.533. The van der Waals surface area contributed by atoms with Crippen LogP contribution in [0.4, 0.5) is 5.69 Å². The summed E-state index contributed by atoms with van der Waals surface area (Å²) in [5.41, 5.74) is 3.60. The molecule has 0 N–H and O–H groups in total. The van der Waals surface area contributed by atoms with Crippen LogP contribution in [0.15, 0.2) is 23.2 Å². The van der Waals surface area contributed by atoms with Crippen molar-refractivity contribution in [3.63, 3.8) is 0 Å². The molecule has 0 bridgehead atoms. The Morgan fingerprint density at radius 1 is 1.12 bits per heavy atom. The van der Waals surface area contributed by atoms with Gasteiger partial charge in [-0.05, 0) is 32.4 Å². The largest absolute Gasteiger partial charge is 0.261 e. The molecular formula is C15H27N. The van der Waals surface area contributed by atoms with Crippen LogP contribution in [0.1, 0.15) is 52.2 Å². The minimum atomic E-state index is 1.07. The lowest BCUT2D eigenvalue weighted by atomic mass is 10.1. The summed E-state index contributed by atoms with van der Waals surface area (Å²) in [7, 11) is 0. The maximum atomic E-state index is 4.22. The van der Waals surface area contributed by atoms with Gasteiger partial charge in [-0.3, -0.25) is 4.99 Å². The first-order valence-electron chi connectivity index (χ1n) is 6.21. The molecule has 0 unspecified atom stereocenters. The Bertz CT molecular complexity index is 287. The molecule has 1 nitrogen and oxygen atoms in total. The molecule has 0 atom stereocenters. The summed E-state index contributed by atoms with van der Waals surface area (Å²) in [6.07, 6.45) is 3.07. The molecule has 0 saturated carbocycles. The molecule has 0 aliphatic carbocycles. The third-order valence-corrected chi connectivity index (χ3v) is 1.62. The first-order chi connectivity index (χ1) is 7.65. The third-order valence-electron chi connectivity index (χ3n) is 1.62. The van der Waals surface area contributed by atoms with Gasteiger partial charge in [0.05, 0.1) is 5.69 Å². The number of nitrogens with zero attached hydrogens (tertiary/aromatic N) is 1. The second-order valence-corrected chi connectivity index (χ2v) is 3.38. The number of aryl methyl sites for hydroxylation is 2. The SMILES string of the molecule is CC.CC=Nc1ccc(C)cc1C.CCC. The highest BCUT2D eigenvalue weighted by Gasteiger charge is 1.93. The van der Waals surface area contributed by atoms with Crippen LogP contribution < -0.4 is 0 Å². The summed E-state index contributed by atoms with van der Waals surface area (Å²) in [6.45, 7) is 14.3. The van der Waals surface area contributed by atoms with E-state index < -0.39 is 0 Å². The summed E-state index contributed by atoms with van der Waals surface area (Å²) in [5.74, 6) is 0. The highest BCUT2D eigenvalue weighted by Crippen LogP contribution is 2.18. The van der Waals surface area contributed by atoms with Crippen LogP contribution in [-0.2, 0) is 0 Å². The van der Waals surface area contributed by atoms with E-state index in [0.29, 0.717) is 0 Å². The third kappa shape index (κ3) is 8.22. The second kappa shape index (κ2) is 12.0. The Hall–Kier alpha value is -1.11. The average Bonchev–Trinajstić information content (AvgIpc) is 2.26. The monoisotopic (exact) mass is 221 g/mol. The number of benzene rings is 1. The summed E-state index contributed by atoms with van der Waals surface area (Å²) < 4.78 is 0. The summed E-state index contributed by atoms with van der Waals surface area (Å²) in [4.78, 5) is 4.22. The summed E-state index contributed by atoms with van der Waals surface area (Å²) in [6, 6.07) is 6.27. The first kappa shape index (κ1) is 17.3. The molecule has 1 heteroatoms. The van der Waals surface area contributed by atoms with E-state index in [0.717, 1.165) is 5.69 Å². The molecule has 0 heterocycles. The van der Waals surface area contributed by atoms with E-state index in [1.807, 2.05) is 33.1 Å². The lowest BCUT2D eigenvalue weighted by Crippen LogP contribution is -1.76. The lowest BCUT2D eigenvalue weighted by Gasteiger charge is -1.99. The minimum absolute atomic E-state index is 1.07. The highest BCUT2D eigenvalue weighted by molar-refractivity contribution is 5.62.